The van der Waals surface area contributed by atoms with Crippen LogP contribution in [0.5, 0.6) is 5.75 Å². The van der Waals surface area contributed by atoms with E-state index in [1.807, 2.05) is 25.1 Å². The summed E-state index contributed by atoms with van der Waals surface area (Å²) in [5.74, 6) is 0.469. The van der Waals surface area contributed by atoms with Crippen molar-refractivity contribution in [2.75, 3.05) is 25.0 Å². The minimum atomic E-state index is -0.865. The molecule has 1 aromatic rings. The highest BCUT2D eigenvalue weighted by atomic mass is 16.5. The van der Waals surface area contributed by atoms with Crippen LogP contribution in [-0.4, -0.2) is 41.7 Å². The van der Waals surface area contributed by atoms with E-state index in [1.54, 1.807) is 11.8 Å². The Morgan fingerprint density at radius 3 is 2.72 bits per heavy atom. The van der Waals surface area contributed by atoms with E-state index in [2.05, 4.69) is 19.2 Å². The minimum absolute atomic E-state index is 0.220. The maximum atomic E-state index is 12.4. The van der Waals surface area contributed by atoms with Crippen molar-refractivity contribution in [1.29, 1.82) is 0 Å². The maximum absolute atomic E-state index is 12.4. The van der Waals surface area contributed by atoms with Crippen LogP contribution >= 0.6 is 0 Å². The largest absolute Gasteiger partial charge is 0.493 e. The van der Waals surface area contributed by atoms with Gasteiger partial charge in [-0.2, -0.15) is 0 Å². The molecule has 1 atom stereocenters. The second kappa shape index (κ2) is 7.76. The van der Waals surface area contributed by atoms with Crippen LogP contribution in [0.15, 0.2) is 18.2 Å². The fraction of sp³-hybridized carbons (Fsp3) is 0.579. The first-order chi connectivity index (χ1) is 11.7. The minimum Gasteiger partial charge on any atom is -0.493 e. The number of carboxylic acids is 1. The van der Waals surface area contributed by atoms with Crippen LogP contribution in [-0.2, 0) is 4.79 Å². The summed E-state index contributed by atoms with van der Waals surface area (Å²) in [4.78, 5) is 25.3. The predicted octanol–water partition coefficient (Wildman–Crippen LogP) is 3.75. The van der Waals surface area contributed by atoms with Gasteiger partial charge < -0.3 is 20.1 Å². The summed E-state index contributed by atoms with van der Waals surface area (Å²) in [5, 5.41) is 12.1. The van der Waals surface area contributed by atoms with Gasteiger partial charge in [0.05, 0.1) is 12.0 Å². The molecule has 0 bridgehead atoms. The lowest BCUT2D eigenvalue weighted by molar-refractivity contribution is -0.146. The third-order valence-electron chi connectivity index (χ3n) is 4.67. The van der Waals surface area contributed by atoms with E-state index in [4.69, 9.17) is 4.74 Å². The van der Waals surface area contributed by atoms with Gasteiger partial charge in [-0.3, -0.25) is 4.79 Å². The van der Waals surface area contributed by atoms with E-state index < -0.39 is 11.4 Å². The zero-order chi connectivity index (χ0) is 18.6. The van der Waals surface area contributed by atoms with Gasteiger partial charge >= 0.3 is 12.0 Å². The summed E-state index contributed by atoms with van der Waals surface area (Å²) in [7, 11) is 0. The molecule has 0 radical (unpaired) electrons. The second-order valence-electron chi connectivity index (χ2n) is 7.48. The number of aryl methyl sites for hydroxylation is 1. The molecular weight excluding hydrogens is 320 g/mol. The van der Waals surface area contributed by atoms with Crippen LogP contribution in [0.1, 0.15) is 39.2 Å². The van der Waals surface area contributed by atoms with Crippen molar-refractivity contribution in [1.82, 2.24) is 4.90 Å². The summed E-state index contributed by atoms with van der Waals surface area (Å²) in [6.45, 7) is 9.24. The summed E-state index contributed by atoms with van der Waals surface area (Å²) >= 11 is 0. The number of urea groups is 1. The number of likely N-dealkylation sites (tertiary alicyclic amines) is 1. The number of amides is 2. The van der Waals surface area contributed by atoms with Crippen LogP contribution in [0.3, 0.4) is 0 Å². The Labute approximate surface area is 149 Å². The topological polar surface area (TPSA) is 78.9 Å². The molecule has 1 saturated heterocycles. The molecule has 0 aliphatic carbocycles. The molecule has 0 spiro atoms. The molecule has 138 valence electrons. The number of nitrogens with zero attached hydrogens (tertiary/aromatic N) is 1. The SMILES string of the molecule is Cc1ccc(NC(=O)N2CCC(C)(C(=O)O)C2)cc1OCCC(C)C. The number of anilines is 1. The monoisotopic (exact) mass is 348 g/mol. The third-order valence-corrected chi connectivity index (χ3v) is 4.67. The highest BCUT2D eigenvalue weighted by molar-refractivity contribution is 5.90. The zero-order valence-corrected chi connectivity index (χ0v) is 15.5. The first-order valence-corrected chi connectivity index (χ1v) is 8.74. The van der Waals surface area contributed by atoms with Crippen molar-refractivity contribution in [3.8, 4) is 5.75 Å². The smallest absolute Gasteiger partial charge is 0.321 e. The lowest BCUT2D eigenvalue weighted by atomic mass is 9.90. The first kappa shape index (κ1) is 19.1. The summed E-state index contributed by atoms with van der Waals surface area (Å²) in [6, 6.07) is 5.28. The Morgan fingerprint density at radius 2 is 2.12 bits per heavy atom. The number of hydrogen-bond donors (Lipinski definition) is 2. The molecule has 2 rings (SSSR count). The molecule has 2 N–H and O–H groups in total. The Kier molecular flexibility index (Phi) is 5.93. The maximum Gasteiger partial charge on any atom is 0.321 e. The average molecular weight is 348 g/mol. The van der Waals surface area contributed by atoms with Crippen molar-refractivity contribution < 1.29 is 19.4 Å². The molecule has 1 aromatic carbocycles. The van der Waals surface area contributed by atoms with Gasteiger partial charge in [-0.1, -0.05) is 19.9 Å². The molecule has 1 aliphatic rings. The number of carbonyl (C=O) groups excluding carboxylic acids is 1. The summed E-state index contributed by atoms with van der Waals surface area (Å²) < 4.78 is 5.82. The van der Waals surface area contributed by atoms with Crippen molar-refractivity contribution in [2.45, 2.75) is 40.5 Å². The number of carbonyl (C=O) groups is 2. The molecule has 1 fully saturated rings. The van der Waals surface area contributed by atoms with Crippen molar-refractivity contribution in [3.05, 3.63) is 23.8 Å². The van der Waals surface area contributed by atoms with Gasteiger partial charge in [0.2, 0.25) is 0 Å². The third kappa shape index (κ3) is 4.87. The van der Waals surface area contributed by atoms with Crippen molar-refractivity contribution in [3.63, 3.8) is 0 Å². The number of benzene rings is 1. The van der Waals surface area contributed by atoms with Crippen LogP contribution in [0.25, 0.3) is 0 Å². The highest BCUT2D eigenvalue weighted by Crippen LogP contribution is 2.31. The van der Waals surface area contributed by atoms with Gasteiger partial charge in [0, 0.05) is 24.8 Å². The summed E-state index contributed by atoms with van der Waals surface area (Å²) in [5.41, 5.74) is 0.802. The fourth-order valence-corrected chi connectivity index (χ4v) is 2.75. The molecule has 2 amide bonds. The van der Waals surface area contributed by atoms with E-state index in [9.17, 15) is 14.7 Å². The molecule has 1 aliphatic heterocycles. The molecule has 0 aromatic heterocycles. The Hall–Kier alpha value is -2.24. The van der Waals surface area contributed by atoms with Crippen LogP contribution in [0.2, 0.25) is 0 Å². The molecule has 25 heavy (non-hydrogen) atoms. The number of aliphatic carboxylic acids is 1. The van der Waals surface area contributed by atoms with Gasteiger partial charge in [0.15, 0.2) is 0 Å². The Morgan fingerprint density at radius 1 is 1.40 bits per heavy atom. The normalized spacial score (nSPS) is 20.0. The quantitative estimate of drug-likeness (QED) is 0.821. The Balaban J connectivity index is 1.98. The predicted molar refractivity (Wildman–Crippen MR) is 97.1 cm³/mol. The average Bonchev–Trinajstić information content (AvgIpc) is 2.94. The number of carboxylic acid groups (broad SMARTS) is 1. The van der Waals surface area contributed by atoms with E-state index in [0.717, 1.165) is 17.7 Å². The van der Waals surface area contributed by atoms with Crippen LogP contribution in [0, 0.1) is 18.3 Å². The molecule has 1 heterocycles. The second-order valence-corrected chi connectivity index (χ2v) is 7.48. The number of hydrogen-bond acceptors (Lipinski definition) is 3. The molecule has 1 unspecified atom stereocenters. The number of rotatable bonds is 6. The van der Waals surface area contributed by atoms with Gasteiger partial charge in [0.25, 0.3) is 0 Å². The lowest BCUT2D eigenvalue weighted by Crippen LogP contribution is -2.37. The van der Waals surface area contributed by atoms with E-state index >= 15 is 0 Å². The first-order valence-electron chi connectivity index (χ1n) is 8.74. The van der Waals surface area contributed by atoms with Crippen LogP contribution < -0.4 is 10.1 Å². The standard InChI is InChI=1S/C19H28N2O4/c1-13(2)7-10-25-16-11-15(6-5-14(16)3)20-18(24)21-9-8-19(4,12-21)17(22)23/h5-6,11,13H,7-10,12H2,1-4H3,(H,20,24)(H,22,23). The van der Waals surface area contributed by atoms with Gasteiger partial charge in [-0.25, -0.2) is 4.79 Å². The van der Waals surface area contributed by atoms with E-state index in [0.29, 0.717) is 31.2 Å². The highest BCUT2D eigenvalue weighted by Gasteiger charge is 2.42. The van der Waals surface area contributed by atoms with Gasteiger partial charge in [-0.05, 0) is 44.2 Å². The molecule has 0 saturated carbocycles. The zero-order valence-electron chi connectivity index (χ0n) is 15.5. The van der Waals surface area contributed by atoms with Crippen molar-refractivity contribution >= 4 is 17.7 Å². The molecule has 6 nitrogen and oxygen atoms in total. The number of nitrogens with one attached hydrogen (secondary N) is 1. The lowest BCUT2D eigenvalue weighted by Gasteiger charge is -2.21. The summed E-state index contributed by atoms with van der Waals surface area (Å²) in [6.07, 6.45) is 1.44. The fourth-order valence-electron chi connectivity index (χ4n) is 2.75. The van der Waals surface area contributed by atoms with Crippen LogP contribution in [0.4, 0.5) is 10.5 Å². The molecular formula is C19H28N2O4. The number of ether oxygens (including phenoxy) is 1. The Bertz CT molecular complexity index is 644. The van der Waals surface area contributed by atoms with Crippen molar-refractivity contribution in [2.24, 2.45) is 11.3 Å². The molecule has 6 heteroatoms. The van der Waals surface area contributed by atoms with E-state index in [-0.39, 0.29) is 12.6 Å². The van der Waals surface area contributed by atoms with Gasteiger partial charge in [-0.15, -0.1) is 0 Å². The van der Waals surface area contributed by atoms with Gasteiger partial charge in [0.1, 0.15) is 5.75 Å². The van der Waals surface area contributed by atoms with E-state index in [1.165, 1.54) is 0 Å².